The standard InChI is InChI=1S/C21H31N5O/c1-4-22-21(23-12-17-8-6-7-9-19(17)16-27-5-2)26-11-10-18(15-26)20-13-24-25(3)14-20/h6-9,13-14,18H,4-5,10-12,15-16H2,1-3H3,(H,22,23). The number of nitrogens with zero attached hydrogens (tertiary/aromatic N) is 4. The Balaban J connectivity index is 1.69. The van der Waals surface area contributed by atoms with Crippen LogP contribution in [0, 0.1) is 0 Å². The fraction of sp³-hybridized carbons (Fsp3) is 0.524. The Morgan fingerprint density at radius 1 is 1.30 bits per heavy atom. The van der Waals surface area contributed by atoms with Crippen LogP contribution in [0.15, 0.2) is 41.7 Å². The second-order valence-electron chi connectivity index (χ2n) is 6.95. The molecule has 2 heterocycles. The molecule has 0 spiro atoms. The van der Waals surface area contributed by atoms with Gasteiger partial charge in [0.15, 0.2) is 5.96 Å². The first-order chi connectivity index (χ1) is 13.2. The predicted molar refractivity (Wildman–Crippen MR) is 109 cm³/mol. The Labute approximate surface area is 162 Å². The second-order valence-corrected chi connectivity index (χ2v) is 6.95. The van der Waals surface area contributed by atoms with Gasteiger partial charge in [0.05, 0.1) is 19.3 Å². The van der Waals surface area contributed by atoms with Gasteiger partial charge in [0.2, 0.25) is 0 Å². The minimum atomic E-state index is 0.521. The molecule has 1 fully saturated rings. The van der Waals surface area contributed by atoms with Crippen molar-refractivity contribution in [1.29, 1.82) is 0 Å². The van der Waals surface area contributed by atoms with Crippen LogP contribution < -0.4 is 5.32 Å². The van der Waals surface area contributed by atoms with E-state index in [2.05, 4.69) is 52.7 Å². The summed E-state index contributed by atoms with van der Waals surface area (Å²) in [6, 6.07) is 8.40. The number of hydrogen-bond donors (Lipinski definition) is 1. The average Bonchev–Trinajstić information content (AvgIpc) is 3.33. The SMILES string of the molecule is CCNC(=NCc1ccccc1COCC)N1CCC(c2cnn(C)c2)C1. The normalized spacial score (nSPS) is 17.5. The van der Waals surface area contributed by atoms with E-state index in [9.17, 15) is 0 Å². The molecule has 3 rings (SSSR count). The van der Waals surface area contributed by atoms with E-state index in [1.165, 1.54) is 16.7 Å². The lowest BCUT2D eigenvalue weighted by Crippen LogP contribution is -2.40. The van der Waals surface area contributed by atoms with Crippen LogP contribution in [0.1, 0.15) is 42.9 Å². The number of aliphatic imine (C=N–C) groups is 1. The largest absolute Gasteiger partial charge is 0.377 e. The van der Waals surface area contributed by atoms with Crippen molar-refractivity contribution in [1.82, 2.24) is 20.0 Å². The summed E-state index contributed by atoms with van der Waals surface area (Å²) < 4.78 is 7.48. The molecule has 0 radical (unpaired) electrons. The molecule has 1 atom stereocenters. The second kappa shape index (κ2) is 9.55. The number of aryl methyl sites for hydroxylation is 1. The maximum atomic E-state index is 5.60. The summed E-state index contributed by atoms with van der Waals surface area (Å²) in [5.74, 6) is 1.52. The maximum Gasteiger partial charge on any atom is 0.194 e. The van der Waals surface area contributed by atoms with Crippen molar-refractivity contribution < 1.29 is 4.74 Å². The summed E-state index contributed by atoms with van der Waals surface area (Å²) in [5, 5.41) is 7.78. The number of ether oxygens (including phenoxy) is 1. The lowest BCUT2D eigenvalue weighted by atomic mass is 10.0. The third-order valence-electron chi connectivity index (χ3n) is 5.00. The summed E-state index contributed by atoms with van der Waals surface area (Å²) >= 11 is 0. The van der Waals surface area contributed by atoms with Gasteiger partial charge in [-0.1, -0.05) is 24.3 Å². The highest BCUT2D eigenvalue weighted by atomic mass is 16.5. The van der Waals surface area contributed by atoms with Gasteiger partial charge >= 0.3 is 0 Å². The minimum absolute atomic E-state index is 0.521. The fourth-order valence-electron chi connectivity index (χ4n) is 3.53. The molecule has 1 N–H and O–H groups in total. The minimum Gasteiger partial charge on any atom is -0.377 e. The zero-order valence-electron chi connectivity index (χ0n) is 16.7. The quantitative estimate of drug-likeness (QED) is 0.602. The smallest absolute Gasteiger partial charge is 0.194 e. The van der Waals surface area contributed by atoms with Crippen molar-refractivity contribution in [2.75, 3.05) is 26.2 Å². The van der Waals surface area contributed by atoms with Crippen LogP contribution >= 0.6 is 0 Å². The molecule has 0 bridgehead atoms. The highest BCUT2D eigenvalue weighted by Crippen LogP contribution is 2.26. The summed E-state index contributed by atoms with van der Waals surface area (Å²) in [7, 11) is 1.97. The van der Waals surface area contributed by atoms with Crippen LogP contribution in [0.25, 0.3) is 0 Å². The molecule has 6 nitrogen and oxygen atoms in total. The lowest BCUT2D eigenvalue weighted by Gasteiger charge is -2.21. The fourth-order valence-corrected chi connectivity index (χ4v) is 3.53. The van der Waals surface area contributed by atoms with E-state index in [0.717, 1.165) is 38.6 Å². The van der Waals surface area contributed by atoms with Gasteiger partial charge in [0, 0.05) is 45.4 Å². The van der Waals surface area contributed by atoms with Gasteiger partial charge in [-0.3, -0.25) is 4.68 Å². The van der Waals surface area contributed by atoms with Crippen molar-refractivity contribution in [3.05, 3.63) is 53.3 Å². The van der Waals surface area contributed by atoms with Crippen LogP contribution in [0.5, 0.6) is 0 Å². The molecule has 2 aromatic rings. The van der Waals surface area contributed by atoms with Crippen molar-refractivity contribution in [3.8, 4) is 0 Å². The average molecular weight is 370 g/mol. The first-order valence-electron chi connectivity index (χ1n) is 9.87. The number of aromatic nitrogens is 2. The van der Waals surface area contributed by atoms with Gasteiger partial charge in [0.25, 0.3) is 0 Å². The Morgan fingerprint density at radius 2 is 2.11 bits per heavy atom. The van der Waals surface area contributed by atoms with E-state index in [-0.39, 0.29) is 0 Å². The molecule has 6 heteroatoms. The molecular formula is C21H31N5O. The summed E-state index contributed by atoms with van der Waals surface area (Å²) in [6.07, 6.45) is 5.25. The molecule has 1 unspecified atom stereocenters. The summed E-state index contributed by atoms with van der Waals surface area (Å²) in [6.45, 7) is 9.05. The zero-order chi connectivity index (χ0) is 19.1. The first-order valence-corrected chi connectivity index (χ1v) is 9.87. The van der Waals surface area contributed by atoms with Gasteiger partial charge < -0.3 is 15.0 Å². The van der Waals surface area contributed by atoms with Crippen LogP contribution in [-0.2, 0) is 24.9 Å². The molecule has 27 heavy (non-hydrogen) atoms. The number of rotatable bonds is 7. The van der Waals surface area contributed by atoms with E-state index >= 15 is 0 Å². The van der Waals surface area contributed by atoms with Crippen LogP contribution in [-0.4, -0.2) is 46.9 Å². The molecule has 0 aliphatic carbocycles. The van der Waals surface area contributed by atoms with E-state index in [1.54, 1.807) is 0 Å². The van der Waals surface area contributed by atoms with Crippen LogP contribution in [0.2, 0.25) is 0 Å². The van der Waals surface area contributed by atoms with Gasteiger partial charge in [-0.05, 0) is 37.0 Å². The van der Waals surface area contributed by atoms with E-state index < -0.39 is 0 Å². The Morgan fingerprint density at radius 3 is 2.81 bits per heavy atom. The monoisotopic (exact) mass is 369 g/mol. The summed E-state index contributed by atoms with van der Waals surface area (Å²) in [5.41, 5.74) is 3.76. The van der Waals surface area contributed by atoms with Gasteiger partial charge in [-0.2, -0.15) is 5.10 Å². The Hall–Kier alpha value is -2.34. The van der Waals surface area contributed by atoms with Crippen molar-refractivity contribution in [3.63, 3.8) is 0 Å². The molecule has 1 aliphatic rings. The molecule has 0 saturated carbocycles. The third-order valence-corrected chi connectivity index (χ3v) is 5.00. The van der Waals surface area contributed by atoms with Crippen molar-refractivity contribution >= 4 is 5.96 Å². The molecular weight excluding hydrogens is 338 g/mol. The lowest BCUT2D eigenvalue weighted by molar-refractivity contribution is 0.133. The number of nitrogens with one attached hydrogen (secondary N) is 1. The first kappa shape index (κ1) is 19.4. The molecule has 146 valence electrons. The number of hydrogen-bond acceptors (Lipinski definition) is 3. The van der Waals surface area contributed by atoms with Crippen LogP contribution in [0.4, 0.5) is 0 Å². The number of guanidine groups is 1. The molecule has 1 aliphatic heterocycles. The molecule has 0 amide bonds. The third kappa shape index (κ3) is 5.10. The van der Waals surface area contributed by atoms with Crippen molar-refractivity contribution in [2.45, 2.75) is 39.3 Å². The van der Waals surface area contributed by atoms with Crippen LogP contribution in [0.3, 0.4) is 0 Å². The van der Waals surface area contributed by atoms with Gasteiger partial charge in [-0.25, -0.2) is 4.99 Å². The Kier molecular flexibility index (Phi) is 6.87. The highest BCUT2D eigenvalue weighted by Gasteiger charge is 2.26. The summed E-state index contributed by atoms with van der Waals surface area (Å²) in [4.78, 5) is 7.29. The van der Waals surface area contributed by atoms with Crippen molar-refractivity contribution in [2.24, 2.45) is 12.0 Å². The molecule has 1 aromatic carbocycles. The van der Waals surface area contributed by atoms with E-state index in [0.29, 0.717) is 19.1 Å². The van der Waals surface area contributed by atoms with Gasteiger partial charge in [-0.15, -0.1) is 0 Å². The molecule has 1 saturated heterocycles. The Bertz CT molecular complexity index is 755. The maximum absolute atomic E-state index is 5.60. The van der Waals surface area contributed by atoms with E-state index in [4.69, 9.17) is 9.73 Å². The highest BCUT2D eigenvalue weighted by molar-refractivity contribution is 5.80. The van der Waals surface area contributed by atoms with Gasteiger partial charge in [0.1, 0.15) is 0 Å². The zero-order valence-corrected chi connectivity index (χ0v) is 16.7. The van der Waals surface area contributed by atoms with E-state index in [1.807, 2.05) is 24.9 Å². The topological polar surface area (TPSA) is 54.7 Å². The number of benzene rings is 1. The molecule has 1 aromatic heterocycles. The predicted octanol–water partition coefficient (Wildman–Crippen LogP) is 2.91. The number of likely N-dealkylation sites (tertiary alicyclic amines) is 1.